The SMILES string of the molecule is CC=C(C)c1cncc(C)c1CC. The summed E-state index contributed by atoms with van der Waals surface area (Å²) in [6, 6.07) is 0. The van der Waals surface area contributed by atoms with E-state index in [0.717, 1.165) is 6.42 Å². The molecule has 0 saturated heterocycles. The zero-order chi connectivity index (χ0) is 9.84. The van der Waals surface area contributed by atoms with Gasteiger partial charge in [-0.2, -0.15) is 0 Å². The maximum Gasteiger partial charge on any atom is 0.0345 e. The molecule has 0 amide bonds. The van der Waals surface area contributed by atoms with Gasteiger partial charge in [0.2, 0.25) is 0 Å². The molecule has 0 bridgehead atoms. The highest BCUT2D eigenvalue weighted by Gasteiger charge is 2.04. The fourth-order valence-electron chi connectivity index (χ4n) is 1.56. The predicted molar refractivity (Wildman–Crippen MR) is 57.7 cm³/mol. The molecule has 1 heterocycles. The fourth-order valence-corrected chi connectivity index (χ4v) is 1.56. The minimum atomic E-state index is 1.08. The molecule has 1 rings (SSSR count). The minimum absolute atomic E-state index is 1.08. The number of pyridine rings is 1. The number of aryl methyl sites for hydroxylation is 1. The number of hydrogen-bond donors (Lipinski definition) is 0. The van der Waals surface area contributed by atoms with E-state index in [9.17, 15) is 0 Å². The van der Waals surface area contributed by atoms with Crippen molar-refractivity contribution in [1.29, 1.82) is 0 Å². The Morgan fingerprint density at radius 2 is 2.15 bits per heavy atom. The van der Waals surface area contributed by atoms with Gasteiger partial charge < -0.3 is 0 Å². The van der Waals surface area contributed by atoms with Crippen molar-refractivity contribution in [2.45, 2.75) is 34.1 Å². The summed E-state index contributed by atoms with van der Waals surface area (Å²) < 4.78 is 0. The molecule has 0 radical (unpaired) electrons. The van der Waals surface area contributed by atoms with Crippen LogP contribution in [-0.2, 0) is 6.42 Å². The zero-order valence-corrected chi connectivity index (χ0v) is 8.89. The second-order valence-electron chi connectivity index (χ2n) is 3.31. The lowest BCUT2D eigenvalue weighted by atomic mass is 9.98. The van der Waals surface area contributed by atoms with E-state index in [1.807, 2.05) is 12.4 Å². The Labute approximate surface area is 80.5 Å². The Hall–Kier alpha value is -1.11. The van der Waals surface area contributed by atoms with E-state index in [-0.39, 0.29) is 0 Å². The lowest BCUT2D eigenvalue weighted by molar-refractivity contribution is 1.07. The normalized spacial score (nSPS) is 11.8. The first-order valence-electron chi connectivity index (χ1n) is 4.77. The zero-order valence-electron chi connectivity index (χ0n) is 8.89. The van der Waals surface area contributed by atoms with Gasteiger partial charge in [0, 0.05) is 12.4 Å². The third-order valence-electron chi connectivity index (χ3n) is 2.48. The van der Waals surface area contributed by atoms with E-state index in [4.69, 9.17) is 0 Å². The molecule has 70 valence electrons. The maximum atomic E-state index is 4.22. The van der Waals surface area contributed by atoms with Crippen molar-refractivity contribution in [1.82, 2.24) is 4.98 Å². The molecule has 13 heavy (non-hydrogen) atoms. The molecule has 0 aromatic carbocycles. The van der Waals surface area contributed by atoms with E-state index in [1.54, 1.807) is 0 Å². The number of hydrogen-bond acceptors (Lipinski definition) is 1. The summed E-state index contributed by atoms with van der Waals surface area (Å²) in [5.41, 5.74) is 5.32. The molecule has 0 fully saturated rings. The van der Waals surface area contributed by atoms with Crippen molar-refractivity contribution < 1.29 is 0 Å². The Bertz CT molecular complexity index is 324. The lowest BCUT2D eigenvalue weighted by Gasteiger charge is -2.09. The molecular formula is C12H17N. The number of rotatable bonds is 2. The van der Waals surface area contributed by atoms with Crippen LogP contribution in [-0.4, -0.2) is 4.98 Å². The van der Waals surface area contributed by atoms with E-state index in [0.29, 0.717) is 0 Å². The van der Waals surface area contributed by atoms with Crippen LogP contribution in [0.4, 0.5) is 0 Å². The first-order valence-corrected chi connectivity index (χ1v) is 4.77. The van der Waals surface area contributed by atoms with Gasteiger partial charge in [0.25, 0.3) is 0 Å². The molecule has 0 aliphatic rings. The summed E-state index contributed by atoms with van der Waals surface area (Å²) >= 11 is 0. The molecule has 1 heteroatoms. The monoisotopic (exact) mass is 175 g/mol. The lowest BCUT2D eigenvalue weighted by Crippen LogP contribution is -1.95. The van der Waals surface area contributed by atoms with Crippen LogP contribution in [0.1, 0.15) is 37.5 Å². The third-order valence-corrected chi connectivity index (χ3v) is 2.48. The van der Waals surface area contributed by atoms with Gasteiger partial charge in [0.15, 0.2) is 0 Å². The van der Waals surface area contributed by atoms with Crippen LogP contribution in [0.5, 0.6) is 0 Å². The summed E-state index contributed by atoms with van der Waals surface area (Å²) in [5, 5.41) is 0. The molecule has 0 unspecified atom stereocenters. The van der Waals surface area contributed by atoms with Crippen molar-refractivity contribution in [2.24, 2.45) is 0 Å². The van der Waals surface area contributed by atoms with Crippen LogP contribution in [0, 0.1) is 6.92 Å². The van der Waals surface area contributed by atoms with E-state index in [1.165, 1.54) is 22.3 Å². The van der Waals surface area contributed by atoms with Gasteiger partial charge in [-0.25, -0.2) is 0 Å². The fraction of sp³-hybridized carbons (Fsp3) is 0.417. The first-order chi connectivity index (χ1) is 6.20. The summed E-state index contributed by atoms with van der Waals surface area (Å²) in [5.74, 6) is 0. The Morgan fingerprint density at radius 3 is 2.69 bits per heavy atom. The van der Waals surface area contributed by atoms with Crippen molar-refractivity contribution in [3.05, 3.63) is 35.2 Å². The number of allylic oxidation sites excluding steroid dienone is 2. The average Bonchev–Trinajstić information content (AvgIpc) is 2.16. The predicted octanol–water partition coefficient (Wildman–Crippen LogP) is 3.38. The van der Waals surface area contributed by atoms with Crippen LogP contribution < -0.4 is 0 Å². The third kappa shape index (κ3) is 1.97. The average molecular weight is 175 g/mol. The molecule has 0 N–H and O–H groups in total. The van der Waals surface area contributed by atoms with Gasteiger partial charge in [0.1, 0.15) is 0 Å². The van der Waals surface area contributed by atoms with E-state index < -0.39 is 0 Å². The summed E-state index contributed by atoms with van der Waals surface area (Å²) in [6.07, 6.45) is 7.11. The smallest absolute Gasteiger partial charge is 0.0345 e. The van der Waals surface area contributed by atoms with Gasteiger partial charge in [0.05, 0.1) is 0 Å². The van der Waals surface area contributed by atoms with Crippen molar-refractivity contribution >= 4 is 5.57 Å². The van der Waals surface area contributed by atoms with E-state index in [2.05, 4.69) is 38.8 Å². The number of aromatic nitrogens is 1. The summed E-state index contributed by atoms with van der Waals surface area (Å²) in [6.45, 7) is 8.51. The Morgan fingerprint density at radius 1 is 1.46 bits per heavy atom. The van der Waals surface area contributed by atoms with Crippen LogP contribution in [0.2, 0.25) is 0 Å². The summed E-state index contributed by atoms with van der Waals surface area (Å²) in [7, 11) is 0. The molecule has 1 aromatic rings. The van der Waals surface area contributed by atoms with Gasteiger partial charge in [-0.1, -0.05) is 13.0 Å². The highest BCUT2D eigenvalue weighted by Crippen LogP contribution is 2.20. The Kier molecular flexibility index (Phi) is 3.24. The molecule has 0 spiro atoms. The van der Waals surface area contributed by atoms with Crippen LogP contribution in [0.3, 0.4) is 0 Å². The number of nitrogens with zero attached hydrogens (tertiary/aromatic N) is 1. The van der Waals surface area contributed by atoms with Crippen LogP contribution in [0.25, 0.3) is 5.57 Å². The topological polar surface area (TPSA) is 12.9 Å². The van der Waals surface area contributed by atoms with Crippen LogP contribution >= 0.6 is 0 Å². The molecule has 0 aliphatic heterocycles. The summed E-state index contributed by atoms with van der Waals surface area (Å²) in [4.78, 5) is 4.22. The quantitative estimate of drug-likeness (QED) is 0.671. The minimum Gasteiger partial charge on any atom is -0.264 e. The molecule has 0 saturated carbocycles. The second kappa shape index (κ2) is 4.22. The van der Waals surface area contributed by atoms with Gasteiger partial charge in [-0.3, -0.25) is 4.98 Å². The molecule has 1 nitrogen and oxygen atoms in total. The Balaban J connectivity index is 3.28. The van der Waals surface area contributed by atoms with Gasteiger partial charge in [-0.05, 0) is 49.5 Å². The molecule has 0 atom stereocenters. The van der Waals surface area contributed by atoms with Crippen molar-refractivity contribution in [3.63, 3.8) is 0 Å². The van der Waals surface area contributed by atoms with E-state index >= 15 is 0 Å². The molecule has 1 aromatic heterocycles. The highest BCUT2D eigenvalue weighted by molar-refractivity contribution is 5.66. The second-order valence-corrected chi connectivity index (χ2v) is 3.31. The highest BCUT2D eigenvalue weighted by atomic mass is 14.6. The first kappa shape index (κ1) is 9.97. The maximum absolute atomic E-state index is 4.22. The van der Waals surface area contributed by atoms with Crippen LogP contribution in [0.15, 0.2) is 18.5 Å². The molecular weight excluding hydrogens is 158 g/mol. The van der Waals surface area contributed by atoms with Crippen molar-refractivity contribution in [3.8, 4) is 0 Å². The van der Waals surface area contributed by atoms with Crippen molar-refractivity contribution in [2.75, 3.05) is 0 Å². The molecule has 0 aliphatic carbocycles. The van der Waals surface area contributed by atoms with Gasteiger partial charge in [-0.15, -0.1) is 0 Å². The van der Waals surface area contributed by atoms with Gasteiger partial charge >= 0.3 is 0 Å². The largest absolute Gasteiger partial charge is 0.264 e. The standard InChI is InChI=1S/C12H17N/c1-5-9(3)12-8-13-7-10(4)11(12)6-2/h5,7-8H,6H2,1-4H3.